The van der Waals surface area contributed by atoms with E-state index in [9.17, 15) is 13.2 Å². The SMILES string of the molecule is FC(F)(F)c1cccc(-n2cc(-c3ccccc3)c3c(NCCCn4ccnc4)ncnc32)c1. The lowest BCUT2D eigenvalue weighted by Crippen LogP contribution is -2.08. The second-order valence-corrected chi connectivity index (χ2v) is 7.83. The average Bonchev–Trinajstić information content (AvgIpc) is 3.50. The molecule has 2 aromatic carbocycles. The van der Waals surface area contributed by atoms with Crippen molar-refractivity contribution in [2.45, 2.75) is 19.1 Å². The molecule has 0 saturated heterocycles. The van der Waals surface area contributed by atoms with Gasteiger partial charge in [0.2, 0.25) is 0 Å². The van der Waals surface area contributed by atoms with E-state index >= 15 is 0 Å². The number of hydrogen-bond acceptors (Lipinski definition) is 4. The summed E-state index contributed by atoms with van der Waals surface area (Å²) in [5.74, 6) is 0.639. The molecule has 3 heterocycles. The fraction of sp³-hybridized carbons (Fsp3) is 0.160. The summed E-state index contributed by atoms with van der Waals surface area (Å²) in [5, 5.41) is 4.14. The van der Waals surface area contributed by atoms with Crippen molar-refractivity contribution in [3.8, 4) is 16.8 Å². The number of nitrogens with one attached hydrogen (secondary N) is 1. The number of hydrogen-bond donors (Lipinski definition) is 1. The number of halogens is 3. The maximum atomic E-state index is 13.4. The third-order valence-electron chi connectivity index (χ3n) is 5.56. The zero-order valence-electron chi connectivity index (χ0n) is 18.1. The predicted octanol–water partition coefficient (Wildman–Crippen LogP) is 5.81. The van der Waals surface area contributed by atoms with Crippen molar-refractivity contribution < 1.29 is 13.2 Å². The minimum Gasteiger partial charge on any atom is -0.369 e. The van der Waals surface area contributed by atoms with Gasteiger partial charge in [-0.15, -0.1) is 0 Å². The van der Waals surface area contributed by atoms with Crippen LogP contribution < -0.4 is 5.32 Å². The standard InChI is InChI=1S/C25H21F3N6/c26-25(27,28)19-8-4-9-20(14-19)34-15-21(18-6-2-1-3-7-18)22-23(31-16-32-24(22)34)30-10-5-12-33-13-11-29-17-33/h1-4,6-9,11,13-17H,5,10,12H2,(H,30,31,32). The molecule has 6 nitrogen and oxygen atoms in total. The van der Waals surface area contributed by atoms with Crippen LogP contribution in [-0.2, 0) is 12.7 Å². The van der Waals surface area contributed by atoms with Crippen LogP contribution in [0.2, 0.25) is 0 Å². The summed E-state index contributed by atoms with van der Waals surface area (Å²) in [7, 11) is 0. The largest absolute Gasteiger partial charge is 0.416 e. The molecular weight excluding hydrogens is 441 g/mol. The fourth-order valence-electron chi connectivity index (χ4n) is 3.95. The molecule has 9 heteroatoms. The Hall–Kier alpha value is -4.14. The molecule has 0 unspecified atom stereocenters. The van der Waals surface area contributed by atoms with Crippen LogP contribution in [0.4, 0.5) is 19.0 Å². The van der Waals surface area contributed by atoms with Gasteiger partial charge in [-0.25, -0.2) is 15.0 Å². The Bertz CT molecular complexity index is 1390. The molecule has 5 aromatic rings. The number of imidazole rings is 1. The molecule has 0 aliphatic heterocycles. The summed E-state index contributed by atoms with van der Waals surface area (Å²) in [4.78, 5) is 12.9. The quantitative estimate of drug-likeness (QED) is 0.310. The number of alkyl halides is 3. The van der Waals surface area contributed by atoms with E-state index in [2.05, 4.69) is 20.3 Å². The maximum absolute atomic E-state index is 13.4. The zero-order chi connectivity index (χ0) is 23.5. The number of anilines is 1. The number of aromatic nitrogens is 5. The maximum Gasteiger partial charge on any atom is 0.416 e. The van der Waals surface area contributed by atoms with Gasteiger partial charge in [0.1, 0.15) is 12.1 Å². The van der Waals surface area contributed by atoms with Gasteiger partial charge in [-0.3, -0.25) is 0 Å². The van der Waals surface area contributed by atoms with Crippen molar-refractivity contribution >= 4 is 16.9 Å². The fourth-order valence-corrected chi connectivity index (χ4v) is 3.95. The van der Waals surface area contributed by atoms with Gasteiger partial charge < -0.3 is 14.5 Å². The van der Waals surface area contributed by atoms with E-state index in [1.54, 1.807) is 23.2 Å². The summed E-state index contributed by atoms with van der Waals surface area (Å²) in [6, 6.07) is 14.9. The van der Waals surface area contributed by atoms with Crippen LogP contribution in [0, 0.1) is 0 Å². The second-order valence-electron chi connectivity index (χ2n) is 7.83. The Labute approximate surface area is 193 Å². The molecule has 34 heavy (non-hydrogen) atoms. The summed E-state index contributed by atoms with van der Waals surface area (Å²) < 4.78 is 43.8. The number of aryl methyl sites for hydroxylation is 1. The zero-order valence-corrected chi connectivity index (χ0v) is 18.1. The van der Waals surface area contributed by atoms with Crippen LogP contribution in [0.25, 0.3) is 27.8 Å². The molecule has 0 atom stereocenters. The third-order valence-corrected chi connectivity index (χ3v) is 5.56. The van der Waals surface area contributed by atoms with Gasteiger partial charge in [-0.05, 0) is 30.2 Å². The third kappa shape index (κ3) is 4.36. The highest BCUT2D eigenvalue weighted by molar-refractivity contribution is 6.02. The highest BCUT2D eigenvalue weighted by Gasteiger charge is 2.30. The van der Waals surface area contributed by atoms with Crippen LogP contribution >= 0.6 is 0 Å². The molecule has 0 bridgehead atoms. The first kappa shape index (κ1) is 21.7. The number of rotatable bonds is 7. The highest BCUT2D eigenvalue weighted by Crippen LogP contribution is 2.36. The van der Waals surface area contributed by atoms with Crippen molar-refractivity contribution in [2.75, 3.05) is 11.9 Å². The molecule has 0 saturated carbocycles. The van der Waals surface area contributed by atoms with Gasteiger partial charge in [0.15, 0.2) is 5.65 Å². The summed E-state index contributed by atoms with van der Waals surface area (Å²) >= 11 is 0. The Morgan fingerprint density at radius 2 is 1.82 bits per heavy atom. The van der Waals surface area contributed by atoms with Crippen LogP contribution in [0.15, 0.2) is 85.8 Å². The number of benzene rings is 2. The molecule has 0 radical (unpaired) electrons. The van der Waals surface area contributed by atoms with Gasteiger partial charge in [0, 0.05) is 42.9 Å². The molecule has 0 aliphatic rings. The van der Waals surface area contributed by atoms with Crippen molar-refractivity contribution in [1.29, 1.82) is 0 Å². The molecule has 0 spiro atoms. The number of nitrogens with zero attached hydrogens (tertiary/aromatic N) is 5. The lowest BCUT2D eigenvalue weighted by atomic mass is 10.1. The molecule has 3 aromatic heterocycles. The van der Waals surface area contributed by atoms with Crippen molar-refractivity contribution in [3.63, 3.8) is 0 Å². The number of fused-ring (bicyclic) bond motifs is 1. The average molecular weight is 462 g/mol. The van der Waals surface area contributed by atoms with E-state index in [4.69, 9.17) is 0 Å². The Kier molecular flexibility index (Phi) is 5.75. The Balaban J connectivity index is 1.56. The normalized spacial score (nSPS) is 11.7. The van der Waals surface area contributed by atoms with E-state index in [0.717, 1.165) is 41.6 Å². The minimum absolute atomic E-state index is 0.381. The van der Waals surface area contributed by atoms with Crippen LogP contribution in [0.3, 0.4) is 0 Å². The first-order valence-electron chi connectivity index (χ1n) is 10.8. The summed E-state index contributed by atoms with van der Waals surface area (Å²) in [5.41, 5.74) is 1.97. The van der Waals surface area contributed by atoms with Crippen LogP contribution in [0.5, 0.6) is 0 Å². The Morgan fingerprint density at radius 3 is 2.59 bits per heavy atom. The van der Waals surface area contributed by atoms with E-state index in [1.807, 2.05) is 47.3 Å². The van der Waals surface area contributed by atoms with E-state index < -0.39 is 11.7 Å². The van der Waals surface area contributed by atoms with Gasteiger partial charge in [-0.2, -0.15) is 13.2 Å². The van der Waals surface area contributed by atoms with Crippen molar-refractivity contribution in [2.24, 2.45) is 0 Å². The molecule has 172 valence electrons. The topological polar surface area (TPSA) is 60.6 Å². The van der Waals surface area contributed by atoms with Gasteiger partial charge in [0.05, 0.1) is 17.3 Å². The predicted molar refractivity (Wildman–Crippen MR) is 125 cm³/mol. The van der Waals surface area contributed by atoms with E-state index in [-0.39, 0.29) is 0 Å². The minimum atomic E-state index is -4.43. The smallest absolute Gasteiger partial charge is 0.369 e. The van der Waals surface area contributed by atoms with Gasteiger partial charge in [0.25, 0.3) is 0 Å². The monoisotopic (exact) mass is 462 g/mol. The van der Waals surface area contributed by atoms with Crippen LogP contribution in [0.1, 0.15) is 12.0 Å². The molecular formula is C25H21F3N6. The first-order valence-corrected chi connectivity index (χ1v) is 10.8. The van der Waals surface area contributed by atoms with Crippen molar-refractivity contribution in [1.82, 2.24) is 24.1 Å². The van der Waals surface area contributed by atoms with E-state index in [1.165, 1.54) is 12.4 Å². The molecule has 1 N–H and O–H groups in total. The lowest BCUT2D eigenvalue weighted by molar-refractivity contribution is -0.137. The molecule has 0 aliphatic carbocycles. The van der Waals surface area contributed by atoms with Crippen molar-refractivity contribution in [3.05, 3.63) is 91.4 Å². The lowest BCUT2D eigenvalue weighted by Gasteiger charge is -2.11. The van der Waals surface area contributed by atoms with E-state index in [0.29, 0.717) is 23.7 Å². The van der Waals surface area contributed by atoms with Crippen LogP contribution in [-0.4, -0.2) is 30.6 Å². The first-order chi connectivity index (χ1) is 16.5. The summed E-state index contributed by atoms with van der Waals surface area (Å²) in [6.07, 6.45) is 5.08. The highest BCUT2D eigenvalue weighted by atomic mass is 19.4. The molecule has 0 fully saturated rings. The van der Waals surface area contributed by atoms with Gasteiger partial charge >= 0.3 is 6.18 Å². The van der Waals surface area contributed by atoms with Gasteiger partial charge in [-0.1, -0.05) is 36.4 Å². The second kappa shape index (κ2) is 9.01. The molecule has 5 rings (SSSR count). The Morgan fingerprint density at radius 1 is 0.971 bits per heavy atom. The molecule has 0 amide bonds. The summed E-state index contributed by atoms with van der Waals surface area (Å²) in [6.45, 7) is 1.46.